The average molecular weight is 346 g/mol. The average Bonchev–Trinajstić information content (AvgIpc) is 2.67. The lowest BCUT2D eigenvalue weighted by Gasteiger charge is -2.35. The zero-order valence-corrected chi connectivity index (χ0v) is 14.8. The summed E-state index contributed by atoms with van der Waals surface area (Å²) in [6.07, 6.45) is -0.0436. The maximum atomic E-state index is 9.01. The van der Waals surface area contributed by atoms with Gasteiger partial charge in [0.1, 0.15) is 5.75 Å². The van der Waals surface area contributed by atoms with E-state index in [4.69, 9.17) is 10.00 Å². The van der Waals surface area contributed by atoms with E-state index in [0.29, 0.717) is 5.56 Å². The predicted octanol–water partition coefficient (Wildman–Crippen LogP) is 5.05. The Labute approximate surface area is 151 Å². The Balaban J connectivity index is 1.58. The van der Waals surface area contributed by atoms with Crippen LogP contribution >= 0.6 is 11.8 Å². The van der Waals surface area contributed by atoms with E-state index >= 15 is 0 Å². The minimum Gasteiger partial charge on any atom is -0.471 e. The smallest absolute Gasteiger partial charge is 0.169 e. The number of anilines is 1. The van der Waals surface area contributed by atoms with Crippen LogP contribution in [0.2, 0.25) is 0 Å². The SMILES string of the molecule is CC(Oc1ccc2cc(C#N)ccc2c1)N1CCSc2ccccc21. The molecule has 0 N–H and O–H groups in total. The zero-order chi connectivity index (χ0) is 17.2. The lowest BCUT2D eigenvalue weighted by atomic mass is 10.1. The molecule has 0 spiro atoms. The Hall–Kier alpha value is -2.64. The summed E-state index contributed by atoms with van der Waals surface area (Å²) in [6, 6.07) is 22.4. The molecule has 0 saturated carbocycles. The van der Waals surface area contributed by atoms with Gasteiger partial charge >= 0.3 is 0 Å². The normalized spacial score (nSPS) is 14.6. The molecule has 0 amide bonds. The third-order valence-corrected chi connectivity index (χ3v) is 5.49. The maximum absolute atomic E-state index is 9.01. The molecule has 25 heavy (non-hydrogen) atoms. The second-order valence-electron chi connectivity index (χ2n) is 6.06. The van der Waals surface area contributed by atoms with Crippen LogP contribution in [0.5, 0.6) is 5.75 Å². The molecule has 3 aromatic rings. The van der Waals surface area contributed by atoms with E-state index in [-0.39, 0.29) is 6.23 Å². The molecule has 3 aromatic carbocycles. The molecule has 1 atom stereocenters. The molecule has 1 aliphatic heterocycles. The van der Waals surface area contributed by atoms with Crippen molar-refractivity contribution in [3.63, 3.8) is 0 Å². The van der Waals surface area contributed by atoms with Crippen molar-refractivity contribution in [3.8, 4) is 11.8 Å². The Morgan fingerprint density at radius 3 is 2.76 bits per heavy atom. The quantitative estimate of drug-likeness (QED) is 0.665. The molecule has 0 bridgehead atoms. The van der Waals surface area contributed by atoms with Crippen molar-refractivity contribution in [3.05, 3.63) is 66.2 Å². The van der Waals surface area contributed by atoms with Crippen molar-refractivity contribution in [1.29, 1.82) is 5.26 Å². The van der Waals surface area contributed by atoms with Gasteiger partial charge in [0.25, 0.3) is 0 Å². The summed E-state index contributed by atoms with van der Waals surface area (Å²) in [5.41, 5.74) is 1.92. The lowest BCUT2D eigenvalue weighted by Crippen LogP contribution is -2.40. The van der Waals surface area contributed by atoms with Crippen molar-refractivity contribution in [1.82, 2.24) is 0 Å². The largest absolute Gasteiger partial charge is 0.471 e. The van der Waals surface area contributed by atoms with Gasteiger partial charge in [0.15, 0.2) is 6.23 Å². The maximum Gasteiger partial charge on any atom is 0.169 e. The minimum atomic E-state index is -0.0436. The van der Waals surface area contributed by atoms with Crippen LogP contribution in [0.4, 0.5) is 5.69 Å². The number of ether oxygens (including phenoxy) is 1. The van der Waals surface area contributed by atoms with Gasteiger partial charge in [0.05, 0.1) is 17.3 Å². The third kappa shape index (κ3) is 3.16. The van der Waals surface area contributed by atoms with Crippen LogP contribution in [-0.2, 0) is 0 Å². The summed E-state index contributed by atoms with van der Waals surface area (Å²) in [5.74, 6) is 1.92. The molecule has 1 unspecified atom stereocenters. The number of nitriles is 1. The number of rotatable bonds is 3. The summed E-state index contributed by atoms with van der Waals surface area (Å²) in [5, 5.41) is 11.1. The minimum absolute atomic E-state index is 0.0436. The lowest BCUT2D eigenvalue weighted by molar-refractivity contribution is 0.216. The van der Waals surface area contributed by atoms with Crippen LogP contribution in [-0.4, -0.2) is 18.5 Å². The van der Waals surface area contributed by atoms with Gasteiger partial charge in [-0.2, -0.15) is 5.26 Å². The van der Waals surface area contributed by atoms with Gasteiger partial charge in [0, 0.05) is 17.2 Å². The van der Waals surface area contributed by atoms with E-state index in [1.807, 2.05) is 48.2 Å². The Bertz CT molecular complexity index is 964. The number of benzene rings is 3. The number of fused-ring (bicyclic) bond motifs is 2. The Morgan fingerprint density at radius 2 is 1.88 bits per heavy atom. The molecule has 1 heterocycles. The first-order chi connectivity index (χ1) is 12.2. The molecule has 4 heteroatoms. The first-order valence-electron chi connectivity index (χ1n) is 8.34. The van der Waals surface area contributed by atoms with Gasteiger partial charge in [-0.3, -0.25) is 0 Å². The van der Waals surface area contributed by atoms with Gasteiger partial charge in [0.2, 0.25) is 0 Å². The summed E-state index contributed by atoms with van der Waals surface area (Å²) in [4.78, 5) is 3.63. The van der Waals surface area contributed by atoms with E-state index < -0.39 is 0 Å². The standard InChI is InChI=1S/C21H18N2OS/c1-15(23-10-11-25-21-5-3-2-4-20(21)23)24-19-9-8-17-12-16(14-22)6-7-18(17)13-19/h2-9,12-13,15H,10-11H2,1H3. The molecule has 0 aliphatic carbocycles. The van der Waals surface area contributed by atoms with E-state index in [2.05, 4.69) is 42.2 Å². The number of para-hydroxylation sites is 1. The van der Waals surface area contributed by atoms with Crippen LogP contribution in [0.25, 0.3) is 10.8 Å². The third-order valence-electron chi connectivity index (χ3n) is 4.45. The highest BCUT2D eigenvalue weighted by molar-refractivity contribution is 7.99. The monoisotopic (exact) mass is 346 g/mol. The first-order valence-corrected chi connectivity index (χ1v) is 9.32. The van der Waals surface area contributed by atoms with E-state index in [9.17, 15) is 0 Å². The van der Waals surface area contributed by atoms with Crippen LogP contribution in [0.3, 0.4) is 0 Å². The molecule has 4 rings (SSSR count). The fourth-order valence-electron chi connectivity index (χ4n) is 3.20. The number of nitrogens with zero attached hydrogens (tertiary/aromatic N) is 2. The second kappa shape index (κ2) is 6.70. The topological polar surface area (TPSA) is 36.3 Å². The van der Waals surface area contributed by atoms with Gasteiger partial charge in [-0.25, -0.2) is 0 Å². The molecule has 0 aromatic heterocycles. The molecular formula is C21H18N2OS. The summed E-state index contributed by atoms with van der Waals surface area (Å²) >= 11 is 1.90. The molecule has 0 fully saturated rings. The van der Waals surface area contributed by atoms with Crippen LogP contribution < -0.4 is 9.64 Å². The number of thioether (sulfide) groups is 1. The molecule has 1 aliphatic rings. The second-order valence-corrected chi connectivity index (χ2v) is 7.20. The van der Waals surface area contributed by atoms with Crippen LogP contribution in [0.15, 0.2) is 65.6 Å². The van der Waals surface area contributed by atoms with Crippen molar-refractivity contribution < 1.29 is 4.74 Å². The fraction of sp³-hybridized carbons (Fsp3) is 0.190. The molecule has 3 nitrogen and oxygen atoms in total. The van der Waals surface area contributed by atoms with E-state index in [0.717, 1.165) is 28.8 Å². The highest BCUT2D eigenvalue weighted by Crippen LogP contribution is 2.36. The van der Waals surface area contributed by atoms with Gasteiger partial charge in [-0.15, -0.1) is 11.8 Å². The number of hydrogen-bond acceptors (Lipinski definition) is 4. The summed E-state index contributed by atoms with van der Waals surface area (Å²) < 4.78 is 6.23. The Morgan fingerprint density at radius 1 is 1.08 bits per heavy atom. The fourth-order valence-corrected chi connectivity index (χ4v) is 4.21. The van der Waals surface area contributed by atoms with E-state index in [1.54, 1.807) is 0 Å². The molecular weight excluding hydrogens is 328 g/mol. The van der Waals surface area contributed by atoms with Gasteiger partial charge < -0.3 is 9.64 Å². The van der Waals surface area contributed by atoms with Crippen molar-refractivity contribution >= 4 is 28.2 Å². The van der Waals surface area contributed by atoms with Crippen molar-refractivity contribution in [2.45, 2.75) is 18.0 Å². The molecule has 0 radical (unpaired) electrons. The molecule has 124 valence electrons. The summed E-state index contributed by atoms with van der Waals surface area (Å²) in [7, 11) is 0. The molecule has 0 saturated heterocycles. The highest BCUT2D eigenvalue weighted by Gasteiger charge is 2.22. The van der Waals surface area contributed by atoms with Gasteiger partial charge in [-0.05, 0) is 54.1 Å². The van der Waals surface area contributed by atoms with Crippen molar-refractivity contribution in [2.75, 3.05) is 17.2 Å². The predicted molar refractivity (Wildman–Crippen MR) is 103 cm³/mol. The van der Waals surface area contributed by atoms with Crippen LogP contribution in [0.1, 0.15) is 12.5 Å². The van der Waals surface area contributed by atoms with Gasteiger partial charge in [-0.1, -0.05) is 24.3 Å². The first kappa shape index (κ1) is 15.9. The zero-order valence-electron chi connectivity index (χ0n) is 14.0. The summed E-state index contributed by atoms with van der Waals surface area (Å²) in [6.45, 7) is 3.07. The number of hydrogen-bond donors (Lipinski definition) is 0. The van der Waals surface area contributed by atoms with Crippen molar-refractivity contribution in [2.24, 2.45) is 0 Å². The Kier molecular flexibility index (Phi) is 4.25. The van der Waals surface area contributed by atoms with Crippen LogP contribution in [0, 0.1) is 11.3 Å². The highest BCUT2D eigenvalue weighted by atomic mass is 32.2. The van der Waals surface area contributed by atoms with E-state index in [1.165, 1.54) is 10.6 Å².